The zero-order chi connectivity index (χ0) is 41.9. The van der Waals surface area contributed by atoms with Crippen LogP contribution in [0.25, 0.3) is 0 Å². The number of aromatic hydroxyl groups is 2. The van der Waals surface area contributed by atoms with Crippen LogP contribution in [0.15, 0.2) is 53.5 Å². The first-order valence-electron chi connectivity index (χ1n) is 18.4. The van der Waals surface area contributed by atoms with Crippen LogP contribution in [0.2, 0.25) is 0 Å². The summed E-state index contributed by atoms with van der Waals surface area (Å²) in [6.07, 6.45) is 0.844. The normalized spacial score (nSPS) is 13.7. The van der Waals surface area contributed by atoms with Gasteiger partial charge in [-0.3, -0.25) is 29.0 Å². The first-order valence-corrected chi connectivity index (χ1v) is 18.4. The number of hydrogen-bond acceptors (Lipinski definition) is 10. The summed E-state index contributed by atoms with van der Waals surface area (Å²) in [5, 5.41) is 41.9. The predicted molar refractivity (Wildman–Crippen MR) is 209 cm³/mol. The van der Waals surface area contributed by atoms with Crippen LogP contribution >= 0.6 is 0 Å². The number of phenolic OH excluding ortho intramolecular Hbond substituents is 2. The second-order valence-corrected chi connectivity index (χ2v) is 14.4. The number of carbonyl (C=O) groups is 6. The first-order chi connectivity index (χ1) is 26.3. The number of carboxylic acid groups (broad SMARTS) is 1. The molecule has 14 N–H and O–H groups in total. The van der Waals surface area contributed by atoms with Crippen LogP contribution in [-0.4, -0.2) is 100 Å². The Labute approximate surface area is 326 Å². The molecule has 0 aliphatic carbocycles. The van der Waals surface area contributed by atoms with Gasteiger partial charge in [-0.05, 0) is 72.9 Å². The summed E-state index contributed by atoms with van der Waals surface area (Å²) in [6, 6.07) is 6.12. The fourth-order valence-electron chi connectivity index (χ4n) is 5.56. The van der Waals surface area contributed by atoms with Gasteiger partial charge in [-0.2, -0.15) is 0 Å². The van der Waals surface area contributed by atoms with Crippen LogP contribution in [0.4, 0.5) is 0 Å². The molecular weight excluding hydrogens is 726 g/mol. The number of aliphatic imine (C=N–C) groups is 1. The Morgan fingerprint density at radius 2 is 1.09 bits per heavy atom. The van der Waals surface area contributed by atoms with Gasteiger partial charge >= 0.3 is 5.97 Å². The molecule has 0 aliphatic rings. The number of phenols is 2. The smallest absolute Gasteiger partial charge is 0.326 e. The van der Waals surface area contributed by atoms with Crippen molar-refractivity contribution in [3.63, 3.8) is 0 Å². The maximum absolute atomic E-state index is 13.7. The third kappa shape index (κ3) is 17.5. The molecule has 5 atom stereocenters. The molecule has 0 bridgehead atoms. The van der Waals surface area contributed by atoms with E-state index < -0.39 is 72.3 Å². The van der Waals surface area contributed by atoms with E-state index in [0.29, 0.717) is 17.5 Å². The molecule has 308 valence electrons. The zero-order valence-electron chi connectivity index (χ0n) is 32.3. The largest absolute Gasteiger partial charge is 0.508 e. The molecule has 0 radical (unpaired) electrons. The number of carbonyl (C=O) groups excluding carboxylic acids is 5. The Hall–Kier alpha value is -5.91. The lowest BCUT2D eigenvalue weighted by atomic mass is 10.0. The number of carboxylic acids is 1. The van der Waals surface area contributed by atoms with Crippen molar-refractivity contribution in [3.05, 3.63) is 59.7 Å². The summed E-state index contributed by atoms with van der Waals surface area (Å²) in [6.45, 7) is 6.91. The third-order valence-corrected chi connectivity index (χ3v) is 8.43. The van der Waals surface area contributed by atoms with E-state index in [0.717, 1.165) is 0 Å². The molecule has 0 aliphatic heterocycles. The highest BCUT2D eigenvalue weighted by Gasteiger charge is 2.31. The number of aliphatic carboxylic acids is 1. The predicted octanol–water partition coefficient (Wildman–Crippen LogP) is -0.504. The minimum atomic E-state index is -1.24. The Morgan fingerprint density at radius 1 is 0.643 bits per heavy atom. The van der Waals surface area contributed by atoms with Crippen LogP contribution in [0.3, 0.4) is 0 Å². The molecule has 18 heteroatoms. The summed E-state index contributed by atoms with van der Waals surface area (Å²) in [5.41, 5.74) is 17.9. The topological polar surface area (TPSA) is 314 Å². The molecule has 2 rings (SSSR count). The average Bonchev–Trinajstić information content (AvgIpc) is 3.12. The Bertz CT molecular complexity index is 1650. The van der Waals surface area contributed by atoms with Crippen molar-refractivity contribution >= 4 is 41.5 Å². The molecule has 0 unspecified atom stereocenters. The van der Waals surface area contributed by atoms with Crippen molar-refractivity contribution in [2.45, 2.75) is 96.4 Å². The maximum Gasteiger partial charge on any atom is 0.326 e. The van der Waals surface area contributed by atoms with Crippen LogP contribution < -0.4 is 43.8 Å². The second-order valence-electron chi connectivity index (χ2n) is 14.4. The average molecular weight is 784 g/mol. The van der Waals surface area contributed by atoms with Crippen molar-refractivity contribution in [2.75, 3.05) is 13.1 Å². The Kier molecular flexibility index (Phi) is 19.1. The van der Waals surface area contributed by atoms with Crippen molar-refractivity contribution in [3.8, 4) is 11.5 Å². The summed E-state index contributed by atoms with van der Waals surface area (Å²) >= 11 is 0. The highest BCUT2D eigenvalue weighted by Crippen LogP contribution is 2.14. The highest BCUT2D eigenvalue weighted by atomic mass is 16.4. The number of benzene rings is 2. The number of guanidine groups is 1. The van der Waals surface area contributed by atoms with E-state index >= 15 is 0 Å². The van der Waals surface area contributed by atoms with E-state index in [9.17, 15) is 44.1 Å². The number of rotatable bonds is 23. The number of nitrogens with zero attached hydrogens (tertiary/aromatic N) is 1. The van der Waals surface area contributed by atoms with Crippen LogP contribution in [0.5, 0.6) is 11.5 Å². The Morgan fingerprint density at radius 3 is 1.55 bits per heavy atom. The van der Waals surface area contributed by atoms with E-state index in [1.54, 1.807) is 38.1 Å². The van der Waals surface area contributed by atoms with E-state index in [1.165, 1.54) is 24.3 Å². The van der Waals surface area contributed by atoms with E-state index in [1.807, 2.05) is 13.8 Å². The summed E-state index contributed by atoms with van der Waals surface area (Å²) in [5.74, 6) is -5.07. The molecule has 0 fully saturated rings. The lowest BCUT2D eigenvalue weighted by Gasteiger charge is -2.25. The molecule has 18 nitrogen and oxygen atoms in total. The van der Waals surface area contributed by atoms with E-state index in [-0.39, 0.29) is 67.9 Å². The quantitative estimate of drug-likeness (QED) is 0.0386. The van der Waals surface area contributed by atoms with Gasteiger partial charge in [0, 0.05) is 19.4 Å². The van der Waals surface area contributed by atoms with E-state index in [2.05, 4.69) is 31.6 Å². The van der Waals surface area contributed by atoms with Crippen molar-refractivity contribution < 1.29 is 44.1 Å². The van der Waals surface area contributed by atoms with Gasteiger partial charge in [0.25, 0.3) is 0 Å². The van der Waals surface area contributed by atoms with Gasteiger partial charge in [0.2, 0.25) is 29.5 Å². The first kappa shape index (κ1) is 46.2. The standard InChI is InChI=1S/C38H57N9O9/c1-21(2)16-28(46-36(54)30(19-24-9-13-26(49)14-10-24)45-33(51)27(39)6-5-15-42-38(40)41)34(52)43-20-32(50)44-29(18-23-7-11-25(48)12-8-23)35(53)47-31(37(55)56)17-22(3)4/h7-14,21-22,27-31,48-49H,5-6,15-20,39H2,1-4H3,(H,43,52)(H,44,50)(H,45,51)(H,46,54)(H,47,53)(H,55,56)(H4,40,41,42)/t27-,28+,29-,30-,31-/m0/s1. The van der Waals surface area contributed by atoms with Gasteiger partial charge in [-0.1, -0.05) is 52.0 Å². The number of nitrogens with one attached hydrogen (secondary N) is 5. The van der Waals surface area contributed by atoms with Crippen LogP contribution in [0, 0.1) is 11.8 Å². The van der Waals surface area contributed by atoms with Gasteiger partial charge in [-0.15, -0.1) is 0 Å². The molecule has 2 aromatic carbocycles. The molecule has 0 spiro atoms. The van der Waals surface area contributed by atoms with Crippen molar-refractivity contribution in [1.29, 1.82) is 0 Å². The lowest BCUT2D eigenvalue weighted by Crippen LogP contribution is -2.57. The monoisotopic (exact) mass is 783 g/mol. The van der Waals surface area contributed by atoms with Crippen LogP contribution in [-0.2, 0) is 41.6 Å². The van der Waals surface area contributed by atoms with Gasteiger partial charge in [-0.25, -0.2) is 4.79 Å². The molecule has 0 saturated carbocycles. The number of amides is 5. The molecular formula is C38H57N9O9. The van der Waals surface area contributed by atoms with Gasteiger partial charge in [0.15, 0.2) is 5.96 Å². The summed E-state index contributed by atoms with van der Waals surface area (Å²) < 4.78 is 0. The SMILES string of the molecule is CC(C)C[C@H](NC(=O)[C@H](Cc1ccc(O)cc1)NC(=O)CNC(=O)[C@@H](CC(C)C)NC(=O)[C@H](Cc1ccc(O)cc1)NC(=O)[C@@H](N)CCCN=C(N)N)C(=O)O. The summed E-state index contributed by atoms with van der Waals surface area (Å²) in [4.78, 5) is 82.5. The minimum absolute atomic E-state index is 0.00201. The van der Waals surface area contributed by atoms with E-state index in [4.69, 9.17) is 17.2 Å². The van der Waals surface area contributed by atoms with Crippen molar-refractivity contribution in [2.24, 2.45) is 34.0 Å². The fraction of sp³-hybridized carbons (Fsp3) is 0.500. The number of hydrogen-bond donors (Lipinski definition) is 11. The summed E-state index contributed by atoms with van der Waals surface area (Å²) in [7, 11) is 0. The minimum Gasteiger partial charge on any atom is -0.508 e. The Balaban J connectivity index is 2.20. The fourth-order valence-corrected chi connectivity index (χ4v) is 5.56. The van der Waals surface area contributed by atoms with Gasteiger partial charge in [0.05, 0.1) is 12.6 Å². The molecule has 0 saturated heterocycles. The van der Waals surface area contributed by atoms with Gasteiger partial charge < -0.3 is 59.1 Å². The molecule has 0 heterocycles. The van der Waals surface area contributed by atoms with Crippen molar-refractivity contribution in [1.82, 2.24) is 26.6 Å². The highest BCUT2D eigenvalue weighted by molar-refractivity contribution is 5.95. The second kappa shape index (κ2) is 23.1. The maximum atomic E-state index is 13.7. The van der Waals surface area contributed by atoms with Crippen LogP contribution in [0.1, 0.15) is 64.5 Å². The van der Waals surface area contributed by atoms with Gasteiger partial charge in [0.1, 0.15) is 35.7 Å². The third-order valence-electron chi connectivity index (χ3n) is 8.43. The molecule has 56 heavy (non-hydrogen) atoms. The molecule has 2 aromatic rings. The number of nitrogens with two attached hydrogens (primary N) is 3. The molecule has 0 aromatic heterocycles. The zero-order valence-corrected chi connectivity index (χ0v) is 32.3. The molecule has 5 amide bonds. The lowest BCUT2D eigenvalue weighted by molar-refractivity contribution is -0.142.